The molecule has 0 amide bonds. The fourth-order valence-corrected chi connectivity index (χ4v) is 4.44. The first-order valence-corrected chi connectivity index (χ1v) is 10.0. The van der Waals surface area contributed by atoms with Gasteiger partial charge in [0.15, 0.2) is 0 Å². The highest BCUT2D eigenvalue weighted by Crippen LogP contribution is 2.28. The summed E-state index contributed by atoms with van der Waals surface area (Å²) in [6, 6.07) is 1.97. The Morgan fingerprint density at radius 1 is 1.46 bits per heavy atom. The summed E-state index contributed by atoms with van der Waals surface area (Å²) in [5.41, 5.74) is 0. The van der Waals surface area contributed by atoms with Gasteiger partial charge in [-0.1, -0.05) is 16.9 Å². The summed E-state index contributed by atoms with van der Waals surface area (Å²) in [6.07, 6.45) is 2.34. The van der Waals surface area contributed by atoms with Gasteiger partial charge in [-0.15, -0.1) is 16.4 Å². The molecule has 0 radical (unpaired) electrons. The molecule has 8 nitrogen and oxygen atoms in total. The van der Waals surface area contributed by atoms with Crippen molar-refractivity contribution in [2.45, 2.75) is 36.4 Å². The quantitative estimate of drug-likeness (QED) is 0.553. The van der Waals surface area contributed by atoms with Crippen molar-refractivity contribution in [1.29, 1.82) is 0 Å². The van der Waals surface area contributed by atoms with Crippen LogP contribution in [-0.4, -0.2) is 43.1 Å². The van der Waals surface area contributed by atoms with E-state index in [4.69, 9.17) is 9.26 Å². The number of thiophene rings is 1. The van der Waals surface area contributed by atoms with Gasteiger partial charge in [-0.05, 0) is 45.3 Å². The maximum absolute atomic E-state index is 5.63. The third-order valence-corrected chi connectivity index (χ3v) is 6.11. The van der Waals surface area contributed by atoms with Crippen LogP contribution in [0.1, 0.15) is 18.7 Å². The molecule has 24 heavy (non-hydrogen) atoms. The molecule has 0 unspecified atom stereocenters. The van der Waals surface area contributed by atoms with Crippen LogP contribution in [0.4, 0.5) is 0 Å². The van der Waals surface area contributed by atoms with Crippen LogP contribution in [-0.2, 0) is 17.0 Å². The SMILES string of the molecule is Brc1csc(-c2noc(CSc3nnnn3C[C@H]3CCCO3)n2)c1. The minimum Gasteiger partial charge on any atom is -0.376 e. The molecule has 1 aliphatic rings. The van der Waals surface area contributed by atoms with Gasteiger partial charge in [0.05, 0.1) is 23.3 Å². The molecule has 126 valence electrons. The number of ether oxygens (including phenoxy) is 1. The van der Waals surface area contributed by atoms with Crippen molar-refractivity contribution in [1.82, 2.24) is 30.3 Å². The molecule has 3 aromatic rings. The number of thioether (sulfide) groups is 1. The fraction of sp³-hybridized carbons (Fsp3) is 0.462. The minimum absolute atomic E-state index is 0.195. The lowest BCUT2D eigenvalue weighted by atomic mass is 10.2. The van der Waals surface area contributed by atoms with Crippen LogP contribution < -0.4 is 0 Å². The van der Waals surface area contributed by atoms with Crippen LogP contribution in [0.3, 0.4) is 0 Å². The molecule has 0 aromatic carbocycles. The number of aromatic nitrogens is 6. The van der Waals surface area contributed by atoms with Gasteiger partial charge in [-0.3, -0.25) is 0 Å². The van der Waals surface area contributed by atoms with Crippen molar-refractivity contribution in [3.63, 3.8) is 0 Å². The first-order valence-electron chi connectivity index (χ1n) is 7.35. The van der Waals surface area contributed by atoms with E-state index in [-0.39, 0.29) is 6.10 Å². The van der Waals surface area contributed by atoms with E-state index < -0.39 is 0 Å². The summed E-state index contributed by atoms with van der Waals surface area (Å²) >= 11 is 6.46. The zero-order valence-corrected chi connectivity index (χ0v) is 15.7. The number of nitrogens with zero attached hydrogens (tertiary/aromatic N) is 6. The standard InChI is InChI=1S/C13H13BrN6O2S2/c14-8-4-10(23-6-8)12-15-11(22-17-12)7-24-13-16-18-19-20(13)5-9-2-1-3-21-9/h4,6,9H,1-3,5,7H2/t9-/m1/s1. The third kappa shape index (κ3) is 3.68. The van der Waals surface area contributed by atoms with E-state index in [1.54, 1.807) is 16.0 Å². The van der Waals surface area contributed by atoms with Gasteiger partial charge in [0.1, 0.15) is 0 Å². The summed E-state index contributed by atoms with van der Waals surface area (Å²) in [7, 11) is 0. The van der Waals surface area contributed by atoms with E-state index in [2.05, 4.69) is 41.6 Å². The van der Waals surface area contributed by atoms with Crippen molar-refractivity contribution in [3.8, 4) is 10.7 Å². The highest BCUT2D eigenvalue weighted by Gasteiger charge is 2.19. The Labute approximate surface area is 154 Å². The lowest BCUT2D eigenvalue weighted by Crippen LogP contribution is -2.16. The van der Waals surface area contributed by atoms with Gasteiger partial charge >= 0.3 is 0 Å². The molecule has 4 heterocycles. The normalized spacial score (nSPS) is 17.6. The maximum atomic E-state index is 5.63. The molecular weight excluding hydrogens is 416 g/mol. The molecule has 11 heteroatoms. The number of hydrogen-bond acceptors (Lipinski definition) is 9. The average molecular weight is 429 g/mol. The van der Waals surface area contributed by atoms with Gasteiger partial charge in [0.2, 0.25) is 16.9 Å². The van der Waals surface area contributed by atoms with Gasteiger partial charge in [0, 0.05) is 16.5 Å². The van der Waals surface area contributed by atoms with Crippen LogP contribution >= 0.6 is 39.0 Å². The summed E-state index contributed by atoms with van der Waals surface area (Å²) in [5.74, 6) is 1.66. The number of tetrazole rings is 1. The van der Waals surface area contributed by atoms with Crippen LogP contribution in [0.25, 0.3) is 10.7 Å². The van der Waals surface area contributed by atoms with E-state index in [1.807, 2.05) is 11.4 Å². The molecule has 1 aliphatic heterocycles. The van der Waals surface area contributed by atoms with Gasteiger partial charge in [-0.2, -0.15) is 4.98 Å². The summed E-state index contributed by atoms with van der Waals surface area (Å²) in [4.78, 5) is 5.38. The predicted octanol–water partition coefficient (Wildman–Crippen LogP) is 3.02. The number of halogens is 1. The highest BCUT2D eigenvalue weighted by molar-refractivity contribution is 9.10. The Hall–Kier alpha value is -1.30. The van der Waals surface area contributed by atoms with Gasteiger partial charge < -0.3 is 9.26 Å². The second kappa shape index (κ2) is 7.30. The largest absolute Gasteiger partial charge is 0.376 e. The van der Waals surface area contributed by atoms with E-state index in [1.165, 1.54) is 11.8 Å². The Bertz CT molecular complexity index is 813. The van der Waals surface area contributed by atoms with E-state index in [0.717, 1.165) is 34.0 Å². The third-order valence-electron chi connectivity index (χ3n) is 3.48. The fourth-order valence-electron chi connectivity index (χ4n) is 2.37. The van der Waals surface area contributed by atoms with Gasteiger partial charge in [-0.25, -0.2) is 4.68 Å². The van der Waals surface area contributed by atoms with Crippen LogP contribution in [0, 0.1) is 0 Å². The average Bonchev–Trinajstić information content (AvgIpc) is 3.34. The molecule has 1 atom stereocenters. The molecule has 0 N–H and O–H groups in total. The first-order chi connectivity index (χ1) is 11.8. The molecule has 4 rings (SSSR count). The van der Waals surface area contributed by atoms with Crippen molar-refractivity contribution in [2.24, 2.45) is 0 Å². The monoisotopic (exact) mass is 428 g/mol. The Morgan fingerprint density at radius 2 is 2.42 bits per heavy atom. The number of hydrogen-bond donors (Lipinski definition) is 0. The molecule has 0 aliphatic carbocycles. The first kappa shape index (κ1) is 16.2. The second-order valence-electron chi connectivity index (χ2n) is 5.21. The van der Waals surface area contributed by atoms with Crippen molar-refractivity contribution < 1.29 is 9.26 Å². The van der Waals surface area contributed by atoms with Crippen molar-refractivity contribution in [3.05, 3.63) is 21.8 Å². The molecule has 1 saturated heterocycles. The molecule has 0 spiro atoms. The molecule has 3 aromatic heterocycles. The summed E-state index contributed by atoms with van der Waals surface area (Å²) < 4.78 is 13.7. The van der Waals surface area contributed by atoms with E-state index >= 15 is 0 Å². The van der Waals surface area contributed by atoms with Crippen LogP contribution in [0.15, 0.2) is 25.6 Å². The summed E-state index contributed by atoms with van der Waals surface area (Å²) in [6.45, 7) is 1.49. The van der Waals surface area contributed by atoms with Crippen LogP contribution in [0.2, 0.25) is 0 Å². The van der Waals surface area contributed by atoms with Crippen molar-refractivity contribution >= 4 is 39.0 Å². The lowest BCUT2D eigenvalue weighted by molar-refractivity contribution is 0.0912. The Kier molecular flexibility index (Phi) is 4.92. The van der Waals surface area contributed by atoms with Crippen molar-refractivity contribution in [2.75, 3.05) is 6.61 Å². The lowest BCUT2D eigenvalue weighted by Gasteiger charge is -2.09. The second-order valence-corrected chi connectivity index (χ2v) is 7.98. The zero-order valence-electron chi connectivity index (χ0n) is 12.5. The van der Waals surface area contributed by atoms with Gasteiger partial charge in [0.25, 0.3) is 0 Å². The maximum Gasteiger partial charge on any atom is 0.237 e. The zero-order chi connectivity index (χ0) is 16.4. The minimum atomic E-state index is 0.195. The van der Waals surface area contributed by atoms with E-state index in [0.29, 0.717) is 24.0 Å². The molecule has 0 bridgehead atoms. The molecule has 1 fully saturated rings. The molecule has 0 saturated carbocycles. The Balaban J connectivity index is 1.39. The topological polar surface area (TPSA) is 91.8 Å². The van der Waals surface area contributed by atoms with E-state index in [9.17, 15) is 0 Å². The predicted molar refractivity (Wildman–Crippen MR) is 91.7 cm³/mol. The Morgan fingerprint density at radius 3 is 3.21 bits per heavy atom. The van der Waals surface area contributed by atoms with Crippen LogP contribution in [0.5, 0.6) is 0 Å². The molecular formula is C13H13BrN6O2S2. The smallest absolute Gasteiger partial charge is 0.237 e. The highest BCUT2D eigenvalue weighted by atomic mass is 79.9. The summed E-state index contributed by atoms with van der Waals surface area (Å²) in [5, 5.41) is 18.6. The number of rotatable bonds is 6.